The second kappa shape index (κ2) is 5.39. The van der Waals surface area contributed by atoms with Crippen molar-refractivity contribution in [1.82, 2.24) is 4.98 Å². The number of oxazole rings is 1. The fraction of sp³-hybridized carbons (Fsp3) is 0.667. The number of morpholine rings is 1. The van der Waals surface area contributed by atoms with Crippen LogP contribution in [0.5, 0.6) is 0 Å². The van der Waals surface area contributed by atoms with Crippen LogP contribution < -0.4 is 4.90 Å². The molecular formula is C12H18N2O4. The van der Waals surface area contributed by atoms with E-state index >= 15 is 0 Å². The van der Waals surface area contributed by atoms with Crippen molar-refractivity contribution in [2.75, 3.05) is 24.6 Å². The lowest BCUT2D eigenvalue weighted by Crippen LogP contribution is -2.45. The molecule has 0 radical (unpaired) electrons. The molecular weight excluding hydrogens is 236 g/mol. The molecule has 0 saturated carbocycles. The Hall–Kier alpha value is -1.56. The molecule has 0 spiro atoms. The maximum Gasteiger partial charge on any atom is 0.360 e. The van der Waals surface area contributed by atoms with Gasteiger partial charge in [-0.1, -0.05) is 0 Å². The number of nitrogens with zero attached hydrogens (tertiary/aromatic N) is 2. The van der Waals surface area contributed by atoms with Crippen molar-refractivity contribution >= 4 is 12.0 Å². The highest BCUT2D eigenvalue weighted by Crippen LogP contribution is 2.19. The zero-order valence-corrected chi connectivity index (χ0v) is 10.9. The van der Waals surface area contributed by atoms with Crippen molar-refractivity contribution < 1.29 is 18.7 Å². The number of ether oxygens (including phenoxy) is 2. The quantitative estimate of drug-likeness (QED) is 0.761. The highest BCUT2D eigenvalue weighted by Gasteiger charge is 2.26. The van der Waals surface area contributed by atoms with Crippen molar-refractivity contribution in [3.8, 4) is 0 Å². The van der Waals surface area contributed by atoms with Gasteiger partial charge in [-0.3, -0.25) is 0 Å². The van der Waals surface area contributed by atoms with Gasteiger partial charge in [0.25, 0.3) is 6.01 Å². The standard InChI is InChI=1S/C12H18N2O4/c1-4-16-11(15)10-7-17-12(13-10)14-5-8(2)18-9(3)6-14/h7-9H,4-6H2,1-3H3/t8-,9+. The van der Waals surface area contributed by atoms with Crippen LogP contribution in [0.1, 0.15) is 31.3 Å². The van der Waals surface area contributed by atoms with E-state index in [0.29, 0.717) is 25.7 Å². The normalized spacial score (nSPS) is 24.1. The maximum absolute atomic E-state index is 11.5. The van der Waals surface area contributed by atoms with Gasteiger partial charge < -0.3 is 18.8 Å². The van der Waals surface area contributed by atoms with E-state index in [9.17, 15) is 4.79 Å². The first-order chi connectivity index (χ1) is 8.60. The van der Waals surface area contributed by atoms with Gasteiger partial charge in [0.1, 0.15) is 6.26 Å². The largest absolute Gasteiger partial charge is 0.461 e. The third kappa shape index (κ3) is 2.81. The second-order valence-electron chi connectivity index (χ2n) is 4.40. The van der Waals surface area contributed by atoms with Gasteiger partial charge >= 0.3 is 5.97 Å². The van der Waals surface area contributed by atoms with Crippen LogP contribution in [0.2, 0.25) is 0 Å². The SMILES string of the molecule is CCOC(=O)c1coc(N2C[C@@H](C)O[C@@H](C)C2)n1. The molecule has 18 heavy (non-hydrogen) atoms. The van der Waals surface area contributed by atoms with Crippen LogP contribution in [0, 0.1) is 0 Å². The molecule has 1 aliphatic heterocycles. The Morgan fingerprint density at radius 2 is 2.17 bits per heavy atom. The number of rotatable bonds is 3. The summed E-state index contributed by atoms with van der Waals surface area (Å²) in [5.74, 6) is -0.457. The summed E-state index contributed by atoms with van der Waals surface area (Å²) in [6, 6.07) is 0.444. The van der Waals surface area contributed by atoms with E-state index in [4.69, 9.17) is 13.9 Å². The second-order valence-corrected chi connectivity index (χ2v) is 4.40. The van der Waals surface area contributed by atoms with Crippen LogP contribution in [0.4, 0.5) is 6.01 Å². The molecule has 100 valence electrons. The van der Waals surface area contributed by atoms with Gasteiger partial charge in [-0.2, -0.15) is 4.98 Å². The molecule has 6 heteroatoms. The minimum Gasteiger partial charge on any atom is -0.461 e. The van der Waals surface area contributed by atoms with Gasteiger partial charge in [-0.05, 0) is 20.8 Å². The van der Waals surface area contributed by atoms with E-state index in [1.165, 1.54) is 6.26 Å². The molecule has 0 unspecified atom stereocenters. The zero-order valence-electron chi connectivity index (χ0n) is 10.9. The predicted molar refractivity (Wildman–Crippen MR) is 64.7 cm³/mol. The molecule has 0 aromatic carbocycles. The van der Waals surface area contributed by atoms with E-state index in [-0.39, 0.29) is 17.9 Å². The van der Waals surface area contributed by atoms with Crippen LogP contribution in [0.15, 0.2) is 10.7 Å². The van der Waals surface area contributed by atoms with Crippen LogP contribution in [0.3, 0.4) is 0 Å². The Balaban J connectivity index is 2.07. The number of hydrogen-bond donors (Lipinski definition) is 0. The first kappa shape index (κ1) is 12.9. The van der Waals surface area contributed by atoms with Crippen molar-refractivity contribution in [2.45, 2.75) is 33.0 Å². The van der Waals surface area contributed by atoms with Crippen molar-refractivity contribution in [3.05, 3.63) is 12.0 Å². The smallest absolute Gasteiger partial charge is 0.360 e. The van der Waals surface area contributed by atoms with Gasteiger partial charge in [-0.25, -0.2) is 4.79 Å². The highest BCUT2D eigenvalue weighted by atomic mass is 16.5. The molecule has 1 aromatic rings. The minimum atomic E-state index is -0.457. The number of carbonyl (C=O) groups is 1. The topological polar surface area (TPSA) is 64.8 Å². The Bertz CT molecular complexity index is 408. The van der Waals surface area contributed by atoms with Gasteiger partial charge in [0, 0.05) is 13.1 Å². The number of carbonyl (C=O) groups excluding carboxylic acids is 1. The average molecular weight is 254 g/mol. The molecule has 0 bridgehead atoms. The summed E-state index contributed by atoms with van der Waals surface area (Å²) in [5.41, 5.74) is 0.207. The summed E-state index contributed by atoms with van der Waals surface area (Å²) in [4.78, 5) is 17.6. The van der Waals surface area contributed by atoms with E-state index in [1.54, 1.807) is 6.92 Å². The molecule has 1 saturated heterocycles. The Labute approximate surface area is 106 Å². The first-order valence-electron chi connectivity index (χ1n) is 6.13. The molecule has 1 fully saturated rings. The minimum absolute atomic E-state index is 0.117. The summed E-state index contributed by atoms with van der Waals surface area (Å²) in [6.07, 6.45) is 1.57. The third-order valence-electron chi connectivity index (χ3n) is 2.67. The highest BCUT2D eigenvalue weighted by molar-refractivity contribution is 5.87. The van der Waals surface area contributed by atoms with Crippen LogP contribution in [-0.4, -0.2) is 42.9 Å². The molecule has 2 rings (SSSR count). The van der Waals surface area contributed by atoms with Crippen molar-refractivity contribution in [3.63, 3.8) is 0 Å². The van der Waals surface area contributed by atoms with E-state index in [2.05, 4.69) is 4.98 Å². The molecule has 0 aliphatic carbocycles. The molecule has 0 amide bonds. The zero-order chi connectivity index (χ0) is 13.1. The summed E-state index contributed by atoms with van der Waals surface area (Å²) < 4.78 is 15.8. The van der Waals surface area contributed by atoms with E-state index in [0.717, 1.165) is 0 Å². The average Bonchev–Trinajstić information content (AvgIpc) is 2.77. The fourth-order valence-electron chi connectivity index (χ4n) is 2.04. The fourth-order valence-corrected chi connectivity index (χ4v) is 2.04. The number of esters is 1. The lowest BCUT2D eigenvalue weighted by Gasteiger charge is -2.34. The third-order valence-corrected chi connectivity index (χ3v) is 2.67. The number of anilines is 1. The summed E-state index contributed by atoms with van der Waals surface area (Å²) in [6.45, 7) is 7.48. The number of hydrogen-bond acceptors (Lipinski definition) is 6. The van der Waals surface area contributed by atoms with E-state index < -0.39 is 5.97 Å². The molecule has 0 N–H and O–H groups in total. The van der Waals surface area contributed by atoms with E-state index in [1.807, 2.05) is 18.7 Å². The lowest BCUT2D eigenvalue weighted by atomic mass is 10.2. The van der Waals surface area contributed by atoms with Crippen LogP contribution >= 0.6 is 0 Å². The van der Waals surface area contributed by atoms with Gasteiger partial charge in [-0.15, -0.1) is 0 Å². The molecule has 2 heterocycles. The summed E-state index contributed by atoms with van der Waals surface area (Å²) in [5, 5.41) is 0. The maximum atomic E-state index is 11.5. The summed E-state index contributed by atoms with van der Waals surface area (Å²) >= 11 is 0. The molecule has 2 atom stereocenters. The Kier molecular flexibility index (Phi) is 3.86. The monoisotopic (exact) mass is 254 g/mol. The van der Waals surface area contributed by atoms with Gasteiger partial charge in [0.15, 0.2) is 5.69 Å². The molecule has 1 aliphatic rings. The summed E-state index contributed by atoms with van der Waals surface area (Å²) in [7, 11) is 0. The Morgan fingerprint density at radius 3 is 2.78 bits per heavy atom. The predicted octanol–water partition coefficient (Wildman–Crippen LogP) is 1.46. The molecule has 6 nitrogen and oxygen atoms in total. The van der Waals surface area contributed by atoms with Crippen LogP contribution in [-0.2, 0) is 9.47 Å². The van der Waals surface area contributed by atoms with Crippen molar-refractivity contribution in [1.29, 1.82) is 0 Å². The Morgan fingerprint density at radius 1 is 1.50 bits per heavy atom. The van der Waals surface area contributed by atoms with Gasteiger partial charge in [0.05, 0.1) is 18.8 Å². The van der Waals surface area contributed by atoms with Crippen LogP contribution in [0.25, 0.3) is 0 Å². The lowest BCUT2D eigenvalue weighted by molar-refractivity contribution is -0.00670. The number of aromatic nitrogens is 1. The van der Waals surface area contributed by atoms with Gasteiger partial charge in [0.2, 0.25) is 0 Å². The van der Waals surface area contributed by atoms with Crippen molar-refractivity contribution in [2.24, 2.45) is 0 Å². The molecule has 1 aromatic heterocycles. The first-order valence-corrected chi connectivity index (χ1v) is 6.13.